The van der Waals surface area contributed by atoms with E-state index in [1.807, 2.05) is 16.7 Å². The Morgan fingerprint density at radius 3 is 2.92 bits per heavy atom. The summed E-state index contributed by atoms with van der Waals surface area (Å²) in [5.41, 5.74) is 2.04. The summed E-state index contributed by atoms with van der Waals surface area (Å²) < 4.78 is 6.56. The van der Waals surface area contributed by atoms with Crippen LogP contribution in [-0.4, -0.2) is 38.0 Å². The third-order valence-corrected chi connectivity index (χ3v) is 5.47. The third kappa shape index (κ3) is 4.11. The summed E-state index contributed by atoms with van der Waals surface area (Å²) in [5, 5.41) is 11.3. The lowest BCUT2D eigenvalue weighted by atomic mass is 10.3. The van der Waals surface area contributed by atoms with Crippen molar-refractivity contribution in [2.45, 2.75) is 42.7 Å². The largest absolute Gasteiger partial charge is 0.466 e. The molecule has 0 radical (unpaired) electrons. The third-order valence-electron chi connectivity index (χ3n) is 4.18. The highest BCUT2D eigenvalue weighted by Crippen LogP contribution is 2.36. The maximum absolute atomic E-state index is 11.4. The number of carbonyl (C=O) groups excluding carboxylic acids is 1. The van der Waals surface area contributed by atoms with Gasteiger partial charge in [-0.15, -0.1) is 0 Å². The van der Waals surface area contributed by atoms with Crippen LogP contribution in [0.2, 0.25) is 0 Å². The van der Waals surface area contributed by atoms with Crippen molar-refractivity contribution in [3.8, 4) is 5.69 Å². The predicted molar refractivity (Wildman–Crippen MR) is 96.4 cm³/mol. The number of aliphatic hydroxyl groups excluding tert-OH is 1. The van der Waals surface area contributed by atoms with Crippen LogP contribution in [-0.2, 0) is 16.1 Å². The van der Waals surface area contributed by atoms with Crippen molar-refractivity contribution in [1.29, 1.82) is 0 Å². The molecule has 2 heterocycles. The monoisotopic (exact) mass is 359 g/mol. The summed E-state index contributed by atoms with van der Waals surface area (Å²) in [5.74, 6) is -0.454. The molecule has 0 saturated heterocycles. The molecule has 132 valence electrons. The zero-order valence-electron chi connectivity index (χ0n) is 14.1. The molecule has 2 aromatic rings. The van der Waals surface area contributed by atoms with E-state index in [0.717, 1.165) is 10.8 Å². The van der Waals surface area contributed by atoms with Gasteiger partial charge in [0.15, 0.2) is 5.16 Å². The van der Waals surface area contributed by atoms with E-state index >= 15 is 0 Å². The van der Waals surface area contributed by atoms with Gasteiger partial charge in [-0.1, -0.05) is 24.6 Å². The van der Waals surface area contributed by atoms with Crippen LogP contribution in [0.1, 0.15) is 37.1 Å². The van der Waals surface area contributed by atoms with Crippen molar-refractivity contribution in [3.63, 3.8) is 0 Å². The van der Waals surface area contributed by atoms with Gasteiger partial charge in [0.25, 0.3) is 0 Å². The zero-order valence-corrected chi connectivity index (χ0v) is 14.9. The number of aliphatic hydroxyl groups is 1. The van der Waals surface area contributed by atoms with E-state index in [4.69, 9.17) is 0 Å². The van der Waals surface area contributed by atoms with Crippen LogP contribution in [0.5, 0.6) is 0 Å². The van der Waals surface area contributed by atoms with E-state index < -0.39 is 5.97 Å². The average molecular weight is 359 g/mol. The number of pyridine rings is 1. The second kappa shape index (κ2) is 8.31. The average Bonchev–Trinajstić information content (AvgIpc) is 3.28. The fraction of sp³-hybridized carbons (Fsp3) is 0.389. The van der Waals surface area contributed by atoms with Gasteiger partial charge in [0.05, 0.1) is 37.0 Å². The first-order chi connectivity index (χ1) is 12.2. The van der Waals surface area contributed by atoms with E-state index in [0.29, 0.717) is 16.6 Å². The molecule has 1 aliphatic rings. The van der Waals surface area contributed by atoms with Gasteiger partial charge in [-0.05, 0) is 31.1 Å². The molecule has 1 aliphatic carbocycles. The number of esters is 1. The van der Waals surface area contributed by atoms with Crippen LogP contribution < -0.4 is 0 Å². The van der Waals surface area contributed by atoms with Crippen molar-refractivity contribution in [2.24, 2.45) is 0 Å². The fourth-order valence-corrected chi connectivity index (χ4v) is 4.27. The number of thioether (sulfide) groups is 1. The second-order valence-electron chi connectivity index (χ2n) is 5.81. The van der Waals surface area contributed by atoms with Crippen LogP contribution in [0.25, 0.3) is 11.8 Å². The van der Waals surface area contributed by atoms with Crippen LogP contribution in [0.15, 0.2) is 35.8 Å². The Kier molecular flexibility index (Phi) is 5.88. The Morgan fingerprint density at radius 2 is 2.28 bits per heavy atom. The van der Waals surface area contributed by atoms with Gasteiger partial charge in [0.1, 0.15) is 0 Å². The molecule has 0 aromatic carbocycles. The lowest BCUT2D eigenvalue weighted by molar-refractivity contribution is -0.134. The number of carbonyl (C=O) groups is 1. The molecule has 2 aromatic heterocycles. The smallest absolute Gasteiger partial charge is 0.330 e. The first-order valence-corrected chi connectivity index (χ1v) is 9.16. The maximum Gasteiger partial charge on any atom is 0.330 e. The predicted octanol–water partition coefficient (Wildman–Crippen LogP) is 2.98. The fourth-order valence-electron chi connectivity index (χ4n) is 2.93. The summed E-state index contributed by atoms with van der Waals surface area (Å²) in [4.78, 5) is 20.2. The summed E-state index contributed by atoms with van der Waals surface area (Å²) in [6, 6.07) is 3.78. The molecule has 0 bridgehead atoms. The Labute approximate surface area is 150 Å². The molecule has 0 atom stereocenters. The number of aromatic nitrogens is 3. The molecule has 0 amide bonds. The first-order valence-electron chi connectivity index (χ1n) is 8.28. The van der Waals surface area contributed by atoms with E-state index in [2.05, 4.69) is 14.7 Å². The molecule has 1 N–H and O–H groups in total. The molecule has 7 heteroatoms. The molecule has 1 fully saturated rings. The minimum absolute atomic E-state index is 0.187. The topological polar surface area (TPSA) is 77.2 Å². The van der Waals surface area contributed by atoms with Crippen molar-refractivity contribution >= 4 is 23.8 Å². The minimum Gasteiger partial charge on any atom is -0.466 e. The second-order valence-corrected chi connectivity index (χ2v) is 7.08. The number of hydrogen-bond acceptors (Lipinski definition) is 6. The van der Waals surface area contributed by atoms with E-state index in [-0.39, 0.29) is 6.61 Å². The maximum atomic E-state index is 11.4. The summed E-state index contributed by atoms with van der Waals surface area (Å²) in [6.07, 6.45) is 11.2. The van der Waals surface area contributed by atoms with Gasteiger partial charge in [0.2, 0.25) is 0 Å². The quantitative estimate of drug-likeness (QED) is 0.631. The molecular weight excluding hydrogens is 338 g/mol. The van der Waals surface area contributed by atoms with E-state index in [9.17, 15) is 9.90 Å². The SMILES string of the molecule is COC(=O)/C=C/c1nc(SC2CCCC2)n(-c2cccnc2)c1CO. The standard InChI is InChI=1S/C18H21N3O3S/c1-24-17(23)9-8-15-16(12-22)21(13-5-4-10-19-11-13)18(20-15)25-14-6-2-3-7-14/h4-5,8-11,14,22H,2-3,6-7,12H2,1H3/b9-8+. The van der Waals surface area contributed by atoms with Crippen molar-refractivity contribution in [1.82, 2.24) is 14.5 Å². The minimum atomic E-state index is -0.454. The Hall–Kier alpha value is -2.12. The van der Waals surface area contributed by atoms with Gasteiger partial charge in [-0.3, -0.25) is 9.55 Å². The van der Waals surface area contributed by atoms with Crippen molar-refractivity contribution < 1.29 is 14.6 Å². The normalized spacial score (nSPS) is 15.1. The summed E-state index contributed by atoms with van der Waals surface area (Å²) in [6.45, 7) is -0.187. The Morgan fingerprint density at radius 1 is 1.48 bits per heavy atom. The number of methoxy groups -OCH3 is 1. The van der Waals surface area contributed by atoms with Crippen LogP contribution in [0, 0.1) is 0 Å². The number of imidazole rings is 1. The molecule has 0 aliphatic heterocycles. The molecule has 3 rings (SSSR count). The Balaban J connectivity index is 2.03. The van der Waals surface area contributed by atoms with Gasteiger partial charge in [-0.2, -0.15) is 0 Å². The number of hydrogen-bond donors (Lipinski definition) is 1. The Bertz CT molecular complexity index is 752. The molecule has 25 heavy (non-hydrogen) atoms. The van der Waals surface area contributed by atoms with Crippen LogP contribution in [0.4, 0.5) is 0 Å². The highest BCUT2D eigenvalue weighted by molar-refractivity contribution is 7.99. The van der Waals surface area contributed by atoms with Gasteiger partial charge >= 0.3 is 5.97 Å². The summed E-state index contributed by atoms with van der Waals surface area (Å²) >= 11 is 1.73. The number of ether oxygens (including phenoxy) is 1. The van der Waals surface area contributed by atoms with Crippen LogP contribution >= 0.6 is 11.8 Å². The van der Waals surface area contributed by atoms with Gasteiger partial charge < -0.3 is 9.84 Å². The summed E-state index contributed by atoms with van der Waals surface area (Å²) in [7, 11) is 1.33. The lowest BCUT2D eigenvalue weighted by Gasteiger charge is -2.12. The highest BCUT2D eigenvalue weighted by atomic mass is 32.2. The zero-order chi connectivity index (χ0) is 17.6. The van der Waals surface area contributed by atoms with Gasteiger partial charge in [0, 0.05) is 17.5 Å². The van der Waals surface area contributed by atoms with Crippen molar-refractivity contribution in [3.05, 3.63) is 42.0 Å². The molecule has 0 spiro atoms. The van der Waals surface area contributed by atoms with Crippen LogP contribution in [0.3, 0.4) is 0 Å². The van der Waals surface area contributed by atoms with E-state index in [1.165, 1.54) is 38.9 Å². The molecule has 1 saturated carbocycles. The number of rotatable bonds is 6. The lowest BCUT2D eigenvalue weighted by Crippen LogP contribution is -2.05. The first kappa shape index (κ1) is 17.7. The van der Waals surface area contributed by atoms with E-state index in [1.54, 1.807) is 30.2 Å². The molecule has 6 nitrogen and oxygen atoms in total. The van der Waals surface area contributed by atoms with Gasteiger partial charge in [-0.25, -0.2) is 9.78 Å². The highest BCUT2D eigenvalue weighted by Gasteiger charge is 2.23. The number of nitrogens with zero attached hydrogens (tertiary/aromatic N) is 3. The van der Waals surface area contributed by atoms with Crippen molar-refractivity contribution in [2.75, 3.05) is 7.11 Å². The molecule has 0 unspecified atom stereocenters. The molecular formula is C18H21N3O3S.